The van der Waals surface area contributed by atoms with Crippen LogP contribution in [0.3, 0.4) is 0 Å². The number of nitrogens with zero attached hydrogens (tertiary/aromatic N) is 4. The SMILES string of the molecule is COCCNC(=O)c1ccc(C2CCN(C(=O)c3c4c(nn3C)CCCC4)CC2)nc1. The van der Waals surface area contributed by atoms with Gasteiger partial charge in [0.25, 0.3) is 11.8 Å². The van der Waals surface area contributed by atoms with Gasteiger partial charge in [0.2, 0.25) is 0 Å². The summed E-state index contributed by atoms with van der Waals surface area (Å²) in [5, 5.41) is 7.40. The lowest BCUT2D eigenvalue weighted by atomic mass is 9.92. The Morgan fingerprint density at radius 3 is 2.68 bits per heavy atom. The second-order valence-electron chi connectivity index (χ2n) is 8.39. The van der Waals surface area contributed by atoms with Crippen molar-refractivity contribution in [3.8, 4) is 0 Å². The summed E-state index contributed by atoms with van der Waals surface area (Å²) in [7, 11) is 3.49. The van der Waals surface area contributed by atoms with Crippen LogP contribution >= 0.6 is 0 Å². The molecule has 1 saturated heterocycles. The molecule has 0 aromatic carbocycles. The Morgan fingerprint density at radius 1 is 1.19 bits per heavy atom. The van der Waals surface area contributed by atoms with E-state index in [9.17, 15) is 9.59 Å². The Morgan fingerprint density at radius 2 is 1.97 bits per heavy atom. The zero-order valence-corrected chi connectivity index (χ0v) is 18.4. The number of fused-ring (bicyclic) bond motifs is 1. The number of aromatic nitrogens is 3. The van der Waals surface area contributed by atoms with E-state index < -0.39 is 0 Å². The van der Waals surface area contributed by atoms with Crippen LogP contribution in [0.5, 0.6) is 0 Å². The van der Waals surface area contributed by atoms with Crippen LogP contribution in [0.4, 0.5) is 0 Å². The van der Waals surface area contributed by atoms with E-state index in [1.165, 1.54) is 0 Å². The monoisotopic (exact) mass is 425 g/mol. The third kappa shape index (κ3) is 4.63. The van der Waals surface area contributed by atoms with Gasteiger partial charge in [-0.15, -0.1) is 0 Å². The van der Waals surface area contributed by atoms with E-state index in [0.29, 0.717) is 37.7 Å². The van der Waals surface area contributed by atoms with Crippen molar-refractivity contribution in [3.63, 3.8) is 0 Å². The second-order valence-corrected chi connectivity index (χ2v) is 8.39. The standard InChI is InChI=1S/C23H31N5O3/c1-27-21(18-5-3-4-6-20(18)26-27)23(30)28-12-9-16(10-13-28)19-8-7-17(15-25-19)22(29)24-11-14-31-2/h7-8,15-16H,3-6,9-14H2,1-2H3,(H,24,29). The summed E-state index contributed by atoms with van der Waals surface area (Å²) in [5.74, 6) is 0.263. The number of hydrogen-bond donors (Lipinski definition) is 1. The van der Waals surface area contributed by atoms with Gasteiger partial charge in [0.1, 0.15) is 5.69 Å². The molecule has 0 radical (unpaired) electrons. The van der Waals surface area contributed by atoms with E-state index in [1.807, 2.05) is 24.1 Å². The van der Waals surface area contributed by atoms with Crippen LogP contribution in [0.1, 0.15) is 69.4 Å². The summed E-state index contributed by atoms with van der Waals surface area (Å²) < 4.78 is 6.73. The topological polar surface area (TPSA) is 89.4 Å². The van der Waals surface area contributed by atoms with E-state index >= 15 is 0 Å². The van der Waals surface area contributed by atoms with Gasteiger partial charge in [-0.25, -0.2) is 0 Å². The molecule has 0 atom stereocenters. The highest BCUT2D eigenvalue weighted by atomic mass is 16.5. The molecule has 4 rings (SSSR count). The maximum Gasteiger partial charge on any atom is 0.272 e. The van der Waals surface area contributed by atoms with Gasteiger partial charge in [-0.3, -0.25) is 19.3 Å². The molecule has 2 aliphatic rings. The number of likely N-dealkylation sites (tertiary alicyclic amines) is 1. The van der Waals surface area contributed by atoms with Crippen LogP contribution in [0.15, 0.2) is 18.3 Å². The minimum atomic E-state index is -0.143. The van der Waals surface area contributed by atoms with E-state index in [1.54, 1.807) is 18.0 Å². The van der Waals surface area contributed by atoms with E-state index in [-0.39, 0.29) is 11.8 Å². The number of amides is 2. The number of pyridine rings is 1. The van der Waals surface area contributed by atoms with Crippen molar-refractivity contribution in [3.05, 3.63) is 46.5 Å². The van der Waals surface area contributed by atoms with Gasteiger partial charge in [0.05, 0.1) is 17.9 Å². The third-order valence-electron chi connectivity index (χ3n) is 6.36. The lowest BCUT2D eigenvalue weighted by Crippen LogP contribution is -2.39. The zero-order valence-electron chi connectivity index (χ0n) is 18.4. The molecule has 2 amide bonds. The second kappa shape index (κ2) is 9.60. The highest BCUT2D eigenvalue weighted by Crippen LogP contribution is 2.29. The summed E-state index contributed by atoms with van der Waals surface area (Å²) in [6.45, 7) is 2.38. The molecule has 31 heavy (non-hydrogen) atoms. The molecule has 8 nitrogen and oxygen atoms in total. The highest BCUT2D eigenvalue weighted by molar-refractivity contribution is 5.94. The third-order valence-corrected chi connectivity index (χ3v) is 6.36. The van der Waals surface area contributed by atoms with Crippen LogP contribution in [0.2, 0.25) is 0 Å². The fraction of sp³-hybridized carbons (Fsp3) is 0.565. The fourth-order valence-corrected chi connectivity index (χ4v) is 4.63. The molecule has 0 unspecified atom stereocenters. The van der Waals surface area contributed by atoms with Crippen molar-refractivity contribution >= 4 is 11.8 Å². The van der Waals surface area contributed by atoms with Crippen LogP contribution in [-0.2, 0) is 24.6 Å². The van der Waals surface area contributed by atoms with Crippen LogP contribution < -0.4 is 5.32 Å². The molecule has 1 fully saturated rings. The summed E-state index contributed by atoms with van der Waals surface area (Å²) in [6.07, 6.45) is 7.60. The Kier molecular flexibility index (Phi) is 6.65. The predicted octanol–water partition coefficient (Wildman–Crippen LogP) is 2.09. The van der Waals surface area contributed by atoms with Crippen LogP contribution in [-0.4, -0.2) is 64.8 Å². The molecular weight excluding hydrogens is 394 g/mol. The first-order valence-corrected chi connectivity index (χ1v) is 11.2. The first-order valence-electron chi connectivity index (χ1n) is 11.2. The number of nitrogens with one attached hydrogen (secondary N) is 1. The van der Waals surface area contributed by atoms with E-state index in [2.05, 4.69) is 15.4 Å². The number of piperidine rings is 1. The number of hydrogen-bond acceptors (Lipinski definition) is 5. The van der Waals surface area contributed by atoms with E-state index in [4.69, 9.17) is 4.74 Å². The molecule has 8 heteroatoms. The molecule has 1 aliphatic heterocycles. The molecule has 2 aromatic rings. The molecular formula is C23H31N5O3. The zero-order chi connectivity index (χ0) is 21.8. The maximum absolute atomic E-state index is 13.2. The lowest BCUT2D eigenvalue weighted by Gasteiger charge is -2.32. The molecule has 2 aromatic heterocycles. The summed E-state index contributed by atoms with van der Waals surface area (Å²) in [4.78, 5) is 31.8. The normalized spacial score (nSPS) is 16.8. The average molecular weight is 426 g/mol. The first kappa shape index (κ1) is 21.5. The fourth-order valence-electron chi connectivity index (χ4n) is 4.63. The van der Waals surface area contributed by atoms with Crippen molar-refractivity contribution in [1.29, 1.82) is 0 Å². The predicted molar refractivity (Wildman–Crippen MR) is 116 cm³/mol. The lowest BCUT2D eigenvalue weighted by molar-refractivity contribution is 0.0699. The molecule has 166 valence electrons. The highest BCUT2D eigenvalue weighted by Gasteiger charge is 2.30. The van der Waals surface area contributed by atoms with Crippen molar-refractivity contribution in [2.45, 2.75) is 44.4 Å². The molecule has 1 N–H and O–H groups in total. The summed E-state index contributed by atoms with van der Waals surface area (Å²) in [6, 6.07) is 3.76. The number of ether oxygens (including phenoxy) is 1. The van der Waals surface area contributed by atoms with Crippen LogP contribution in [0, 0.1) is 0 Å². The first-order chi connectivity index (χ1) is 15.1. The van der Waals surface area contributed by atoms with Gasteiger partial charge in [-0.05, 0) is 50.7 Å². The van der Waals surface area contributed by atoms with Crippen LogP contribution in [0.25, 0.3) is 0 Å². The number of carbonyl (C=O) groups is 2. The summed E-state index contributed by atoms with van der Waals surface area (Å²) in [5.41, 5.74) is 4.56. The Hall–Kier alpha value is -2.74. The number of aryl methyl sites for hydroxylation is 2. The molecule has 3 heterocycles. The van der Waals surface area contributed by atoms with Gasteiger partial charge in [0, 0.05) is 57.2 Å². The maximum atomic E-state index is 13.2. The Labute approximate surface area is 183 Å². The molecule has 0 spiro atoms. The smallest absolute Gasteiger partial charge is 0.272 e. The molecule has 0 saturated carbocycles. The quantitative estimate of drug-likeness (QED) is 0.716. The largest absolute Gasteiger partial charge is 0.383 e. The number of rotatable bonds is 6. The van der Waals surface area contributed by atoms with Gasteiger partial charge < -0.3 is 15.0 Å². The van der Waals surface area contributed by atoms with Gasteiger partial charge in [0.15, 0.2) is 0 Å². The van der Waals surface area contributed by atoms with Crippen molar-refractivity contribution in [1.82, 2.24) is 25.0 Å². The van der Waals surface area contributed by atoms with Crippen molar-refractivity contribution < 1.29 is 14.3 Å². The average Bonchev–Trinajstić information content (AvgIpc) is 3.14. The molecule has 1 aliphatic carbocycles. The van der Waals surface area contributed by atoms with Crippen molar-refractivity contribution in [2.75, 3.05) is 33.4 Å². The number of carbonyl (C=O) groups excluding carboxylic acids is 2. The van der Waals surface area contributed by atoms with Gasteiger partial charge in [-0.2, -0.15) is 5.10 Å². The van der Waals surface area contributed by atoms with Gasteiger partial charge >= 0.3 is 0 Å². The number of methoxy groups -OCH3 is 1. The minimum Gasteiger partial charge on any atom is -0.383 e. The summed E-state index contributed by atoms with van der Waals surface area (Å²) >= 11 is 0. The Balaban J connectivity index is 1.35. The van der Waals surface area contributed by atoms with Crippen molar-refractivity contribution in [2.24, 2.45) is 7.05 Å². The van der Waals surface area contributed by atoms with E-state index in [0.717, 1.165) is 61.2 Å². The Bertz CT molecular complexity index is 929. The minimum absolute atomic E-state index is 0.104. The molecule has 0 bridgehead atoms. The van der Waals surface area contributed by atoms with Gasteiger partial charge in [-0.1, -0.05) is 0 Å².